The monoisotopic (exact) mass is 242 g/mol. The molecule has 0 amide bonds. The normalized spacial score (nSPS) is 10.4. The van der Waals surface area contributed by atoms with Gasteiger partial charge in [-0.25, -0.2) is 0 Å². The van der Waals surface area contributed by atoms with Crippen LogP contribution in [0.5, 0.6) is 11.5 Å². The third-order valence-corrected chi connectivity index (χ3v) is 2.96. The predicted molar refractivity (Wildman–Crippen MR) is 73.0 cm³/mol. The van der Waals surface area contributed by atoms with E-state index in [1.807, 2.05) is 37.3 Å². The van der Waals surface area contributed by atoms with Crippen LogP contribution in [-0.4, -0.2) is 5.11 Å². The van der Waals surface area contributed by atoms with Gasteiger partial charge in [0.2, 0.25) is 0 Å². The van der Waals surface area contributed by atoms with Gasteiger partial charge in [-0.1, -0.05) is 31.2 Å². The van der Waals surface area contributed by atoms with Gasteiger partial charge in [0.05, 0.1) is 6.61 Å². The van der Waals surface area contributed by atoms with Crippen LogP contribution in [0.2, 0.25) is 0 Å². The molecule has 2 aromatic rings. The molecule has 0 heterocycles. The minimum atomic E-state index is 0.0619. The minimum absolute atomic E-state index is 0.0619. The summed E-state index contributed by atoms with van der Waals surface area (Å²) < 4.78 is 5.87. The van der Waals surface area contributed by atoms with Crippen LogP contribution in [0.1, 0.15) is 23.6 Å². The second kappa shape index (κ2) is 5.69. The zero-order valence-electron chi connectivity index (χ0n) is 10.8. The highest BCUT2D eigenvalue weighted by atomic mass is 16.5. The maximum absolute atomic E-state index is 9.07. The summed E-state index contributed by atoms with van der Waals surface area (Å²) in [6.45, 7) is 4.17. The highest BCUT2D eigenvalue weighted by Gasteiger charge is 2.03. The van der Waals surface area contributed by atoms with Gasteiger partial charge in [0, 0.05) is 0 Å². The summed E-state index contributed by atoms with van der Waals surface area (Å²) in [5.41, 5.74) is 3.20. The second-order valence-electron chi connectivity index (χ2n) is 4.36. The summed E-state index contributed by atoms with van der Waals surface area (Å²) in [7, 11) is 0. The summed E-state index contributed by atoms with van der Waals surface area (Å²) in [4.78, 5) is 0. The zero-order valence-corrected chi connectivity index (χ0v) is 10.8. The molecule has 0 aliphatic heterocycles. The molecule has 2 aromatic carbocycles. The zero-order chi connectivity index (χ0) is 13.0. The van der Waals surface area contributed by atoms with Gasteiger partial charge in [-0.2, -0.15) is 0 Å². The Labute approximate surface area is 108 Å². The summed E-state index contributed by atoms with van der Waals surface area (Å²) in [6.07, 6.45) is 1.000. The molecule has 1 N–H and O–H groups in total. The molecule has 2 nitrogen and oxygen atoms in total. The minimum Gasteiger partial charge on any atom is -0.457 e. The molecule has 18 heavy (non-hydrogen) atoms. The molecule has 0 aliphatic rings. The van der Waals surface area contributed by atoms with E-state index in [0.29, 0.717) is 0 Å². The third kappa shape index (κ3) is 2.90. The molecule has 2 rings (SSSR count). The van der Waals surface area contributed by atoms with Gasteiger partial charge in [-0.05, 0) is 48.2 Å². The second-order valence-corrected chi connectivity index (χ2v) is 4.36. The molecule has 94 valence electrons. The maximum atomic E-state index is 9.07. The van der Waals surface area contributed by atoms with E-state index in [4.69, 9.17) is 9.84 Å². The highest BCUT2D eigenvalue weighted by Crippen LogP contribution is 2.26. The van der Waals surface area contributed by atoms with Crippen LogP contribution in [0, 0.1) is 6.92 Å². The van der Waals surface area contributed by atoms with E-state index in [1.165, 1.54) is 5.56 Å². The van der Waals surface area contributed by atoms with Gasteiger partial charge in [0.1, 0.15) is 11.5 Å². The van der Waals surface area contributed by atoms with E-state index in [1.54, 1.807) is 0 Å². The smallest absolute Gasteiger partial charge is 0.130 e. The van der Waals surface area contributed by atoms with E-state index in [-0.39, 0.29) is 6.61 Å². The first-order valence-corrected chi connectivity index (χ1v) is 6.20. The largest absolute Gasteiger partial charge is 0.457 e. The van der Waals surface area contributed by atoms with Crippen molar-refractivity contribution in [3.05, 3.63) is 59.2 Å². The summed E-state index contributed by atoms with van der Waals surface area (Å²) in [5.74, 6) is 1.69. The molecule has 0 aliphatic carbocycles. The molecule has 0 fully saturated rings. The molecule has 2 heteroatoms. The Bertz CT molecular complexity index is 532. The lowest BCUT2D eigenvalue weighted by Crippen LogP contribution is -1.91. The number of aryl methyl sites for hydroxylation is 2. The topological polar surface area (TPSA) is 29.5 Å². The van der Waals surface area contributed by atoms with E-state index >= 15 is 0 Å². The van der Waals surface area contributed by atoms with Crippen LogP contribution in [0.3, 0.4) is 0 Å². The molecular formula is C16H18O2. The van der Waals surface area contributed by atoms with E-state index < -0.39 is 0 Å². The number of aliphatic hydroxyl groups is 1. The van der Waals surface area contributed by atoms with Gasteiger partial charge < -0.3 is 9.84 Å². The van der Waals surface area contributed by atoms with Crippen molar-refractivity contribution in [2.45, 2.75) is 26.9 Å². The van der Waals surface area contributed by atoms with Crippen LogP contribution in [-0.2, 0) is 13.0 Å². The van der Waals surface area contributed by atoms with Gasteiger partial charge in [0.15, 0.2) is 0 Å². The van der Waals surface area contributed by atoms with Gasteiger partial charge in [-0.15, -0.1) is 0 Å². The first-order chi connectivity index (χ1) is 8.72. The summed E-state index contributed by atoms with van der Waals surface area (Å²) in [6, 6.07) is 13.8. The van der Waals surface area contributed by atoms with Crippen LogP contribution in [0.4, 0.5) is 0 Å². The van der Waals surface area contributed by atoms with Crippen LogP contribution >= 0.6 is 0 Å². The van der Waals surface area contributed by atoms with E-state index in [9.17, 15) is 0 Å². The van der Waals surface area contributed by atoms with Crippen molar-refractivity contribution in [1.82, 2.24) is 0 Å². The molecular weight excluding hydrogens is 224 g/mol. The summed E-state index contributed by atoms with van der Waals surface area (Å²) >= 11 is 0. The number of benzene rings is 2. The average Bonchev–Trinajstić information content (AvgIpc) is 2.41. The highest BCUT2D eigenvalue weighted by molar-refractivity contribution is 5.40. The molecule has 0 radical (unpaired) electrons. The van der Waals surface area contributed by atoms with E-state index in [2.05, 4.69) is 19.1 Å². The fourth-order valence-electron chi connectivity index (χ4n) is 1.88. The number of aliphatic hydroxyl groups excluding tert-OH is 1. The van der Waals surface area contributed by atoms with Gasteiger partial charge >= 0.3 is 0 Å². The molecule has 0 unspecified atom stereocenters. The lowest BCUT2D eigenvalue weighted by Gasteiger charge is -2.10. The number of rotatable bonds is 4. The Hall–Kier alpha value is -1.80. The first kappa shape index (κ1) is 12.7. The van der Waals surface area contributed by atoms with Crippen molar-refractivity contribution in [2.75, 3.05) is 0 Å². The Kier molecular flexibility index (Phi) is 4.00. The third-order valence-electron chi connectivity index (χ3n) is 2.96. The van der Waals surface area contributed by atoms with Crippen LogP contribution in [0.15, 0.2) is 42.5 Å². The van der Waals surface area contributed by atoms with Crippen molar-refractivity contribution in [1.29, 1.82) is 0 Å². The molecule has 0 saturated carbocycles. The quantitative estimate of drug-likeness (QED) is 0.882. The molecule has 0 aromatic heterocycles. The van der Waals surface area contributed by atoms with Crippen molar-refractivity contribution in [3.8, 4) is 11.5 Å². The molecule has 0 atom stereocenters. The molecule has 0 spiro atoms. The van der Waals surface area contributed by atoms with Crippen LogP contribution in [0.25, 0.3) is 0 Å². The fourth-order valence-corrected chi connectivity index (χ4v) is 1.88. The number of hydrogen-bond donors (Lipinski definition) is 1. The Morgan fingerprint density at radius 1 is 1.06 bits per heavy atom. The number of ether oxygens (including phenoxy) is 1. The lowest BCUT2D eigenvalue weighted by molar-refractivity contribution is 0.281. The van der Waals surface area contributed by atoms with Crippen molar-refractivity contribution < 1.29 is 9.84 Å². The van der Waals surface area contributed by atoms with Gasteiger partial charge in [-0.3, -0.25) is 0 Å². The Balaban J connectivity index is 2.22. The molecule has 0 saturated heterocycles. The SMILES string of the molecule is CCc1cccc(Oc2ccc(CO)cc2C)c1. The van der Waals surface area contributed by atoms with E-state index in [0.717, 1.165) is 29.0 Å². The standard InChI is InChI=1S/C16H18O2/c1-3-13-5-4-6-15(10-13)18-16-8-7-14(11-17)9-12(16)2/h4-10,17H,3,11H2,1-2H3. The van der Waals surface area contributed by atoms with Crippen molar-refractivity contribution in [2.24, 2.45) is 0 Å². The maximum Gasteiger partial charge on any atom is 0.130 e. The lowest BCUT2D eigenvalue weighted by atomic mass is 10.1. The summed E-state index contributed by atoms with van der Waals surface area (Å²) in [5, 5.41) is 9.07. The Morgan fingerprint density at radius 3 is 2.56 bits per heavy atom. The average molecular weight is 242 g/mol. The Morgan fingerprint density at radius 2 is 1.89 bits per heavy atom. The first-order valence-electron chi connectivity index (χ1n) is 6.20. The molecule has 0 bridgehead atoms. The predicted octanol–water partition coefficient (Wildman–Crippen LogP) is 3.84. The van der Waals surface area contributed by atoms with Crippen molar-refractivity contribution in [3.63, 3.8) is 0 Å². The van der Waals surface area contributed by atoms with Crippen molar-refractivity contribution >= 4 is 0 Å². The number of hydrogen-bond acceptors (Lipinski definition) is 2. The fraction of sp³-hybridized carbons (Fsp3) is 0.250. The van der Waals surface area contributed by atoms with Gasteiger partial charge in [0.25, 0.3) is 0 Å². The van der Waals surface area contributed by atoms with Crippen LogP contribution < -0.4 is 4.74 Å².